The Kier molecular flexibility index (Phi) is 9.51. The molecule has 0 bridgehead atoms. The van der Waals surface area contributed by atoms with Crippen molar-refractivity contribution < 1.29 is 19.1 Å². The first-order chi connectivity index (χ1) is 14.1. The first-order valence-corrected chi connectivity index (χ1v) is 9.85. The van der Waals surface area contributed by atoms with Crippen molar-refractivity contribution >= 4 is 23.2 Å². The van der Waals surface area contributed by atoms with Gasteiger partial charge in [0.05, 0.1) is 13.2 Å². The molecule has 2 amide bonds. The molecular formula is C22H29N3O4. The molecule has 2 aromatic carbocycles. The van der Waals surface area contributed by atoms with E-state index in [2.05, 4.69) is 16.0 Å². The Labute approximate surface area is 171 Å². The maximum absolute atomic E-state index is 12.1. The molecule has 0 heterocycles. The molecule has 0 saturated carbocycles. The molecule has 3 N–H and O–H groups in total. The fraction of sp³-hybridized carbons (Fsp3) is 0.364. The lowest BCUT2D eigenvalue weighted by Gasteiger charge is -2.10. The lowest BCUT2D eigenvalue weighted by molar-refractivity contribution is -0.114. The van der Waals surface area contributed by atoms with Crippen molar-refractivity contribution in [2.45, 2.75) is 20.3 Å². The van der Waals surface area contributed by atoms with Crippen molar-refractivity contribution in [2.24, 2.45) is 0 Å². The topological polar surface area (TPSA) is 88.7 Å². The van der Waals surface area contributed by atoms with Crippen LogP contribution >= 0.6 is 0 Å². The summed E-state index contributed by atoms with van der Waals surface area (Å²) >= 11 is 0. The molecule has 0 radical (unpaired) electrons. The summed E-state index contributed by atoms with van der Waals surface area (Å²) in [7, 11) is 0. The Hall–Kier alpha value is -3.06. The van der Waals surface area contributed by atoms with E-state index in [1.165, 1.54) is 0 Å². The van der Waals surface area contributed by atoms with Crippen LogP contribution in [0.4, 0.5) is 11.4 Å². The van der Waals surface area contributed by atoms with Crippen LogP contribution in [-0.2, 0) is 9.53 Å². The van der Waals surface area contributed by atoms with Gasteiger partial charge >= 0.3 is 0 Å². The van der Waals surface area contributed by atoms with E-state index in [9.17, 15) is 9.59 Å². The summed E-state index contributed by atoms with van der Waals surface area (Å²) < 4.78 is 10.8. The molecule has 7 heteroatoms. The molecule has 0 aliphatic rings. The Balaban J connectivity index is 1.74. The third kappa shape index (κ3) is 8.23. The zero-order valence-corrected chi connectivity index (χ0v) is 17.0. The number of amides is 2. The van der Waals surface area contributed by atoms with Gasteiger partial charge in [-0.3, -0.25) is 9.59 Å². The predicted molar refractivity (Wildman–Crippen MR) is 115 cm³/mol. The van der Waals surface area contributed by atoms with E-state index < -0.39 is 0 Å². The second-order valence-electron chi connectivity index (χ2n) is 6.30. The first kappa shape index (κ1) is 22.2. The average molecular weight is 399 g/mol. The van der Waals surface area contributed by atoms with E-state index in [1.54, 1.807) is 24.3 Å². The highest BCUT2D eigenvalue weighted by Gasteiger charge is 2.06. The zero-order chi connectivity index (χ0) is 20.9. The highest BCUT2D eigenvalue weighted by atomic mass is 16.5. The summed E-state index contributed by atoms with van der Waals surface area (Å²) in [4.78, 5) is 24.0. The van der Waals surface area contributed by atoms with Crippen LogP contribution in [0.15, 0.2) is 48.5 Å². The molecule has 156 valence electrons. The predicted octanol–water partition coefficient (Wildman–Crippen LogP) is 3.29. The number of carbonyl (C=O) groups excluding carboxylic acids is 2. The van der Waals surface area contributed by atoms with Gasteiger partial charge in [-0.1, -0.05) is 6.92 Å². The molecule has 2 aromatic rings. The number of carbonyl (C=O) groups is 2. The van der Waals surface area contributed by atoms with Crippen molar-refractivity contribution in [1.29, 1.82) is 0 Å². The molecule has 0 spiro atoms. The van der Waals surface area contributed by atoms with Crippen LogP contribution in [0.1, 0.15) is 30.6 Å². The smallest absolute Gasteiger partial charge is 0.251 e. The quantitative estimate of drug-likeness (QED) is 0.477. The van der Waals surface area contributed by atoms with Crippen molar-refractivity contribution in [2.75, 3.05) is 43.5 Å². The molecule has 0 unspecified atom stereocenters. The van der Waals surface area contributed by atoms with Gasteiger partial charge in [-0.15, -0.1) is 0 Å². The third-order valence-corrected chi connectivity index (χ3v) is 3.97. The fourth-order valence-corrected chi connectivity index (χ4v) is 2.46. The van der Waals surface area contributed by atoms with Crippen LogP contribution in [0, 0.1) is 0 Å². The Morgan fingerprint density at radius 1 is 0.897 bits per heavy atom. The van der Waals surface area contributed by atoms with Gasteiger partial charge in [-0.05, 0) is 61.9 Å². The lowest BCUT2D eigenvalue weighted by atomic mass is 10.2. The monoisotopic (exact) mass is 399 g/mol. The second-order valence-corrected chi connectivity index (χ2v) is 6.30. The molecule has 0 saturated heterocycles. The SMILES string of the molecule is CCCNC(=O)c1ccc(NC(=O)CNc2ccc(OCCOCC)cc2)cc1. The summed E-state index contributed by atoms with van der Waals surface area (Å²) in [5.41, 5.74) is 2.03. The number of hydrogen-bond donors (Lipinski definition) is 3. The molecule has 0 aliphatic carbocycles. The number of rotatable bonds is 12. The highest BCUT2D eigenvalue weighted by molar-refractivity contribution is 5.96. The Morgan fingerprint density at radius 3 is 2.24 bits per heavy atom. The van der Waals surface area contributed by atoms with Crippen LogP contribution in [0.2, 0.25) is 0 Å². The van der Waals surface area contributed by atoms with Gasteiger partial charge in [0.2, 0.25) is 5.91 Å². The zero-order valence-electron chi connectivity index (χ0n) is 17.0. The fourth-order valence-electron chi connectivity index (χ4n) is 2.46. The normalized spacial score (nSPS) is 10.3. The van der Waals surface area contributed by atoms with E-state index in [4.69, 9.17) is 9.47 Å². The van der Waals surface area contributed by atoms with Gasteiger partial charge in [-0.25, -0.2) is 0 Å². The lowest BCUT2D eigenvalue weighted by Crippen LogP contribution is -2.24. The molecule has 2 rings (SSSR count). The van der Waals surface area contributed by atoms with Gasteiger partial charge in [-0.2, -0.15) is 0 Å². The molecule has 0 aliphatic heterocycles. The second kappa shape index (κ2) is 12.4. The van der Waals surface area contributed by atoms with Crippen LogP contribution in [0.5, 0.6) is 5.75 Å². The van der Waals surface area contributed by atoms with Crippen LogP contribution in [0.3, 0.4) is 0 Å². The first-order valence-electron chi connectivity index (χ1n) is 9.85. The van der Waals surface area contributed by atoms with Crippen LogP contribution < -0.4 is 20.7 Å². The molecule has 0 fully saturated rings. The molecule has 0 aromatic heterocycles. The third-order valence-electron chi connectivity index (χ3n) is 3.97. The Morgan fingerprint density at radius 2 is 1.59 bits per heavy atom. The van der Waals surface area contributed by atoms with Gasteiger partial charge in [0.1, 0.15) is 12.4 Å². The number of hydrogen-bond acceptors (Lipinski definition) is 5. The highest BCUT2D eigenvalue weighted by Crippen LogP contribution is 2.15. The van der Waals surface area contributed by atoms with Crippen LogP contribution in [-0.4, -0.2) is 44.7 Å². The standard InChI is InChI=1S/C22H29N3O4/c1-3-13-23-22(27)17-5-7-19(8-6-17)25-21(26)16-24-18-9-11-20(12-10-18)29-15-14-28-4-2/h5-12,24H,3-4,13-16H2,1-2H3,(H,23,27)(H,25,26). The van der Waals surface area contributed by atoms with Gasteiger partial charge in [0.15, 0.2) is 0 Å². The summed E-state index contributed by atoms with van der Waals surface area (Å²) in [5, 5.41) is 8.68. The average Bonchev–Trinajstić information content (AvgIpc) is 2.75. The van der Waals surface area contributed by atoms with Crippen LogP contribution in [0.25, 0.3) is 0 Å². The molecule has 0 atom stereocenters. The van der Waals surface area contributed by atoms with E-state index in [0.717, 1.165) is 17.9 Å². The molecular weight excluding hydrogens is 370 g/mol. The maximum Gasteiger partial charge on any atom is 0.251 e. The summed E-state index contributed by atoms with van der Waals surface area (Å²) in [5.74, 6) is 0.463. The number of nitrogens with one attached hydrogen (secondary N) is 3. The van der Waals surface area contributed by atoms with E-state index in [-0.39, 0.29) is 18.4 Å². The minimum Gasteiger partial charge on any atom is -0.491 e. The number of benzene rings is 2. The molecule has 29 heavy (non-hydrogen) atoms. The summed E-state index contributed by atoms with van der Waals surface area (Å²) in [6.45, 7) is 6.44. The summed E-state index contributed by atoms with van der Waals surface area (Å²) in [6, 6.07) is 14.2. The van der Waals surface area contributed by atoms with E-state index in [1.807, 2.05) is 38.1 Å². The van der Waals surface area contributed by atoms with Crippen molar-refractivity contribution in [3.05, 3.63) is 54.1 Å². The largest absolute Gasteiger partial charge is 0.491 e. The van der Waals surface area contributed by atoms with Gasteiger partial charge in [0.25, 0.3) is 5.91 Å². The maximum atomic E-state index is 12.1. The minimum atomic E-state index is -0.176. The summed E-state index contributed by atoms with van der Waals surface area (Å²) in [6.07, 6.45) is 0.885. The van der Waals surface area contributed by atoms with E-state index >= 15 is 0 Å². The van der Waals surface area contributed by atoms with E-state index in [0.29, 0.717) is 37.6 Å². The van der Waals surface area contributed by atoms with Gasteiger partial charge < -0.3 is 25.4 Å². The van der Waals surface area contributed by atoms with Gasteiger partial charge in [0, 0.05) is 30.1 Å². The molecule has 7 nitrogen and oxygen atoms in total. The van der Waals surface area contributed by atoms with Crippen molar-refractivity contribution in [1.82, 2.24) is 5.32 Å². The minimum absolute atomic E-state index is 0.114. The number of ether oxygens (including phenoxy) is 2. The Bertz CT molecular complexity index is 761. The van der Waals surface area contributed by atoms with Crippen molar-refractivity contribution in [3.8, 4) is 5.75 Å². The number of anilines is 2. The van der Waals surface area contributed by atoms with Crippen molar-refractivity contribution in [3.63, 3.8) is 0 Å².